The van der Waals surface area contributed by atoms with Crippen molar-refractivity contribution < 1.29 is 20.1 Å². The van der Waals surface area contributed by atoms with Crippen molar-refractivity contribution in [2.45, 2.75) is 19.1 Å². The van der Waals surface area contributed by atoms with E-state index in [0.717, 1.165) is 0 Å². The highest BCUT2D eigenvalue weighted by atomic mass is 16.5. The molecule has 0 amide bonds. The minimum absolute atomic E-state index is 0.0600. The molecule has 0 saturated heterocycles. The Morgan fingerprint density at radius 2 is 1.82 bits per heavy atom. The summed E-state index contributed by atoms with van der Waals surface area (Å²) in [5.74, 6) is -0.165. The van der Waals surface area contributed by atoms with Crippen LogP contribution in [0.2, 0.25) is 0 Å². The van der Waals surface area contributed by atoms with Crippen LogP contribution in [0.4, 0.5) is 0 Å². The molecule has 0 bridgehead atoms. The smallest absolute Gasteiger partial charge is 0.103 e. The zero-order chi connectivity index (χ0) is 8.85. The molecule has 0 aliphatic rings. The number of aliphatic hydroxyl groups excluding tert-OH is 3. The summed E-state index contributed by atoms with van der Waals surface area (Å²) in [6, 6.07) is 0. The van der Waals surface area contributed by atoms with E-state index in [0.29, 0.717) is 0 Å². The molecular formula is C7H16O4. The Hall–Kier alpha value is -0.160. The average Bonchev–Trinajstić information content (AvgIpc) is 2.05. The third kappa shape index (κ3) is 3.16. The van der Waals surface area contributed by atoms with Gasteiger partial charge in [0, 0.05) is 19.6 Å². The van der Waals surface area contributed by atoms with Gasteiger partial charge in [0.05, 0.1) is 12.7 Å². The lowest BCUT2D eigenvalue weighted by molar-refractivity contribution is -0.0717. The number of methoxy groups -OCH3 is 1. The maximum absolute atomic E-state index is 9.13. The maximum Gasteiger partial charge on any atom is 0.103 e. The number of ether oxygens (including phenoxy) is 1. The van der Waals surface area contributed by atoms with Crippen molar-refractivity contribution in [3.05, 3.63) is 0 Å². The Morgan fingerprint density at radius 3 is 2.09 bits per heavy atom. The minimum atomic E-state index is -0.915. The monoisotopic (exact) mass is 164 g/mol. The molecule has 0 radical (unpaired) electrons. The Morgan fingerprint density at radius 1 is 1.27 bits per heavy atom. The molecule has 3 atom stereocenters. The Balaban J connectivity index is 3.92. The lowest BCUT2D eigenvalue weighted by Gasteiger charge is -2.24. The molecule has 0 aromatic heterocycles. The lowest BCUT2D eigenvalue weighted by atomic mass is 10.0. The normalized spacial score (nSPS) is 19.4. The van der Waals surface area contributed by atoms with Gasteiger partial charge in [0.15, 0.2) is 0 Å². The molecule has 3 unspecified atom stereocenters. The Bertz CT molecular complexity index is 86.4. The van der Waals surface area contributed by atoms with Gasteiger partial charge in [0.1, 0.15) is 6.10 Å². The van der Waals surface area contributed by atoms with Crippen molar-refractivity contribution in [1.29, 1.82) is 0 Å². The number of hydrogen-bond acceptors (Lipinski definition) is 4. The van der Waals surface area contributed by atoms with Crippen molar-refractivity contribution in [3.63, 3.8) is 0 Å². The van der Waals surface area contributed by atoms with Gasteiger partial charge in [-0.2, -0.15) is 0 Å². The first-order chi connectivity index (χ1) is 5.17. The molecule has 4 heteroatoms. The molecule has 0 saturated carbocycles. The summed E-state index contributed by atoms with van der Waals surface area (Å²) in [7, 11) is 1.44. The predicted octanol–water partition coefficient (Wildman–Crippen LogP) is -1.02. The molecular weight excluding hydrogens is 148 g/mol. The second kappa shape index (κ2) is 5.49. The first-order valence-corrected chi connectivity index (χ1v) is 3.60. The van der Waals surface area contributed by atoms with Crippen LogP contribution in [-0.2, 0) is 4.74 Å². The highest BCUT2D eigenvalue weighted by Crippen LogP contribution is 2.09. The summed E-state index contributed by atoms with van der Waals surface area (Å²) in [6.45, 7) is 1.34. The van der Waals surface area contributed by atoms with Gasteiger partial charge < -0.3 is 20.1 Å². The molecule has 68 valence electrons. The molecule has 0 aliphatic heterocycles. The quantitative estimate of drug-likeness (QED) is 0.486. The molecule has 0 heterocycles. The van der Waals surface area contributed by atoms with Crippen molar-refractivity contribution >= 4 is 0 Å². The number of aliphatic hydroxyl groups is 3. The van der Waals surface area contributed by atoms with E-state index in [4.69, 9.17) is 20.1 Å². The first kappa shape index (κ1) is 10.8. The molecule has 0 aliphatic carbocycles. The summed E-state index contributed by atoms with van der Waals surface area (Å²) < 4.78 is 4.89. The van der Waals surface area contributed by atoms with Crippen molar-refractivity contribution in [3.8, 4) is 0 Å². The highest BCUT2D eigenvalue weighted by molar-refractivity contribution is 4.72. The molecule has 3 N–H and O–H groups in total. The van der Waals surface area contributed by atoms with Gasteiger partial charge in [0.25, 0.3) is 0 Å². The molecule has 0 fully saturated rings. The lowest BCUT2D eigenvalue weighted by Crippen LogP contribution is -2.37. The van der Waals surface area contributed by atoms with Crippen molar-refractivity contribution in [1.82, 2.24) is 0 Å². The number of hydrogen-bond donors (Lipinski definition) is 3. The number of rotatable bonds is 5. The standard InChI is InChI=1S/C7H16O4/c1-5(3-8)7(11-2)6(10)4-9/h5-10H,3-4H2,1-2H3. The van der Waals surface area contributed by atoms with Crippen LogP contribution in [0, 0.1) is 5.92 Å². The van der Waals surface area contributed by atoms with E-state index in [2.05, 4.69) is 0 Å². The molecule has 0 spiro atoms. The van der Waals surface area contributed by atoms with Gasteiger partial charge in [-0.05, 0) is 0 Å². The van der Waals surface area contributed by atoms with E-state index in [1.807, 2.05) is 0 Å². The second-order valence-corrected chi connectivity index (χ2v) is 2.61. The fraction of sp³-hybridized carbons (Fsp3) is 1.00. The van der Waals surface area contributed by atoms with E-state index in [1.165, 1.54) is 7.11 Å². The van der Waals surface area contributed by atoms with Crippen LogP contribution >= 0.6 is 0 Å². The molecule has 0 aromatic carbocycles. The summed E-state index contributed by atoms with van der Waals surface area (Å²) in [5, 5.41) is 26.4. The minimum Gasteiger partial charge on any atom is -0.396 e. The van der Waals surface area contributed by atoms with E-state index in [-0.39, 0.29) is 19.1 Å². The van der Waals surface area contributed by atoms with Crippen LogP contribution in [0.25, 0.3) is 0 Å². The van der Waals surface area contributed by atoms with Crippen LogP contribution < -0.4 is 0 Å². The van der Waals surface area contributed by atoms with E-state index >= 15 is 0 Å². The van der Waals surface area contributed by atoms with Crippen LogP contribution in [0.15, 0.2) is 0 Å². The van der Waals surface area contributed by atoms with Crippen LogP contribution in [-0.4, -0.2) is 47.9 Å². The predicted molar refractivity (Wildman–Crippen MR) is 40.1 cm³/mol. The largest absolute Gasteiger partial charge is 0.396 e. The van der Waals surface area contributed by atoms with Gasteiger partial charge in [0.2, 0.25) is 0 Å². The van der Waals surface area contributed by atoms with Crippen LogP contribution in [0.1, 0.15) is 6.92 Å². The summed E-state index contributed by atoms with van der Waals surface area (Å²) in [6.07, 6.45) is -1.41. The highest BCUT2D eigenvalue weighted by Gasteiger charge is 2.23. The maximum atomic E-state index is 9.13. The fourth-order valence-corrected chi connectivity index (χ4v) is 0.976. The first-order valence-electron chi connectivity index (χ1n) is 3.60. The van der Waals surface area contributed by atoms with Crippen LogP contribution in [0.5, 0.6) is 0 Å². The third-order valence-corrected chi connectivity index (χ3v) is 1.69. The van der Waals surface area contributed by atoms with Crippen molar-refractivity contribution in [2.24, 2.45) is 5.92 Å². The molecule has 0 rings (SSSR count). The average molecular weight is 164 g/mol. The third-order valence-electron chi connectivity index (χ3n) is 1.69. The second-order valence-electron chi connectivity index (χ2n) is 2.61. The van der Waals surface area contributed by atoms with Crippen molar-refractivity contribution in [2.75, 3.05) is 20.3 Å². The molecule has 0 aromatic rings. The van der Waals surface area contributed by atoms with E-state index < -0.39 is 12.2 Å². The summed E-state index contributed by atoms with van der Waals surface area (Å²) >= 11 is 0. The van der Waals surface area contributed by atoms with Gasteiger partial charge in [-0.15, -0.1) is 0 Å². The van der Waals surface area contributed by atoms with E-state index in [9.17, 15) is 0 Å². The van der Waals surface area contributed by atoms with Gasteiger partial charge >= 0.3 is 0 Å². The zero-order valence-corrected chi connectivity index (χ0v) is 6.90. The fourth-order valence-electron chi connectivity index (χ4n) is 0.976. The van der Waals surface area contributed by atoms with Crippen LogP contribution in [0.3, 0.4) is 0 Å². The topological polar surface area (TPSA) is 69.9 Å². The molecule has 11 heavy (non-hydrogen) atoms. The summed E-state index contributed by atoms with van der Waals surface area (Å²) in [4.78, 5) is 0. The van der Waals surface area contributed by atoms with Gasteiger partial charge in [-0.3, -0.25) is 0 Å². The van der Waals surface area contributed by atoms with Gasteiger partial charge in [-0.1, -0.05) is 6.92 Å². The molecule has 4 nitrogen and oxygen atoms in total. The SMILES string of the molecule is COC(C(C)CO)C(O)CO. The Kier molecular flexibility index (Phi) is 5.41. The Labute approximate surface area is 66.4 Å². The zero-order valence-electron chi connectivity index (χ0n) is 6.90. The van der Waals surface area contributed by atoms with E-state index in [1.54, 1.807) is 6.92 Å². The summed E-state index contributed by atoms with van der Waals surface area (Å²) in [5.41, 5.74) is 0. The van der Waals surface area contributed by atoms with Gasteiger partial charge in [-0.25, -0.2) is 0 Å².